The molecule has 5 heteroatoms. The number of benzene rings is 2. The fourth-order valence-corrected chi connectivity index (χ4v) is 2.04. The van der Waals surface area contributed by atoms with E-state index in [9.17, 15) is 4.79 Å². The predicted molar refractivity (Wildman–Crippen MR) is 80.9 cm³/mol. The van der Waals surface area contributed by atoms with Crippen LogP contribution in [0.15, 0.2) is 36.4 Å². The fourth-order valence-electron chi connectivity index (χ4n) is 1.80. The summed E-state index contributed by atoms with van der Waals surface area (Å²) in [5, 5.41) is 9.16. The molecule has 0 aliphatic rings. The highest BCUT2D eigenvalue weighted by Crippen LogP contribution is 2.20. The van der Waals surface area contributed by atoms with E-state index in [-0.39, 0.29) is 6.61 Å². The second-order valence-electron chi connectivity index (χ2n) is 4.58. The van der Waals surface area contributed by atoms with Crippen LogP contribution in [0.4, 0.5) is 5.69 Å². The highest BCUT2D eigenvalue weighted by atomic mass is 35.5. The number of anilines is 1. The fraction of sp³-hybridized carbons (Fsp3) is 0.125. The highest BCUT2D eigenvalue weighted by molar-refractivity contribution is 6.31. The van der Waals surface area contributed by atoms with Gasteiger partial charge in [-0.15, -0.1) is 0 Å². The summed E-state index contributed by atoms with van der Waals surface area (Å²) >= 11 is 6.03. The molecule has 106 valence electrons. The van der Waals surface area contributed by atoms with E-state index in [0.717, 1.165) is 5.56 Å². The Hall–Kier alpha value is -2.51. The number of carbonyl (C=O) groups is 1. The van der Waals surface area contributed by atoms with Crippen LogP contribution in [-0.4, -0.2) is 5.97 Å². The lowest BCUT2D eigenvalue weighted by Crippen LogP contribution is -2.08. The van der Waals surface area contributed by atoms with Gasteiger partial charge in [0.05, 0.1) is 17.2 Å². The lowest BCUT2D eigenvalue weighted by Gasteiger charge is -2.09. The minimum Gasteiger partial charge on any atom is -0.457 e. The molecule has 0 radical (unpaired) electrons. The van der Waals surface area contributed by atoms with Crippen LogP contribution in [0, 0.1) is 18.3 Å². The molecule has 0 spiro atoms. The van der Waals surface area contributed by atoms with Crippen molar-refractivity contribution in [3.8, 4) is 6.07 Å². The Morgan fingerprint density at radius 2 is 2.10 bits per heavy atom. The Kier molecular flexibility index (Phi) is 4.46. The van der Waals surface area contributed by atoms with Gasteiger partial charge >= 0.3 is 5.97 Å². The summed E-state index contributed by atoms with van der Waals surface area (Å²) in [6.45, 7) is 1.89. The van der Waals surface area contributed by atoms with E-state index in [4.69, 9.17) is 27.3 Å². The number of halogens is 1. The van der Waals surface area contributed by atoms with Gasteiger partial charge in [-0.25, -0.2) is 4.79 Å². The minimum atomic E-state index is -0.503. The van der Waals surface area contributed by atoms with Crippen LogP contribution in [0.5, 0.6) is 0 Å². The third kappa shape index (κ3) is 3.53. The van der Waals surface area contributed by atoms with E-state index in [1.807, 2.05) is 19.1 Å². The molecule has 0 saturated heterocycles. The van der Waals surface area contributed by atoms with Crippen LogP contribution in [-0.2, 0) is 11.3 Å². The maximum Gasteiger partial charge on any atom is 0.340 e. The molecule has 0 amide bonds. The van der Waals surface area contributed by atoms with Crippen molar-refractivity contribution in [1.82, 2.24) is 0 Å². The highest BCUT2D eigenvalue weighted by Gasteiger charge is 2.12. The van der Waals surface area contributed by atoms with Crippen molar-refractivity contribution in [3.05, 3.63) is 63.7 Å². The standard InChI is InChI=1S/C16H13ClN2O2/c1-10-2-5-15(19)13(6-10)16(20)21-9-12-4-3-11(8-18)7-14(12)17/h2-7H,9,19H2,1H3. The van der Waals surface area contributed by atoms with Gasteiger partial charge < -0.3 is 10.5 Å². The molecule has 0 unspecified atom stereocenters. The number of rotatable bonds is 3. The van der Waals surface area contributed by atoms with Crippen molar-refractivity contribution < 1.29 is 9.53 Å². The summed E-state index contributed by atoms with van der Waals surface area (Å²) in [5.74, 6) is -0.503. The third-order valence-electron chi connectivity index (χ3n) is 2.97. The molecule has 0 atom stereocenters. The summed E-state index contributed by atoms with van der Waals surface area (Å²) in [6, 6.07) is 12.0. The van der Waals surface area contributed by atoms with Crippen LogP contribution in [0.3, 0.4) is 0 Å². The second-order valence-corrected chi connectivity index (χ2v) is 4.99. The van der Waals surface area contributed by atoms with Crippen molar-refractivity contribution in [2.24, 2.45) is 0 Å². The lowest BCUT2D eigenvalue weighted by molar-refractivity contribution is 0.0474. The summed E-state index contributed by atoms with van der Waals surface area (Å²) in [6.07, 6.45) is 0. The van der Waals surface area contributed by atoms with Crippen LogP contribution >= 0.6 is 11.6 Å². The summed E-state index contributed by atoms with van der Waals surface area (Å²) in [4.78, 5) is 12.0. The van der Waals surface area contributed by atoms with Gasteiger partial charge in [-0.3, -0.25) is 0 Å². The SMILES string of the molecule is Cc1ccc(N)c(C(=O)OCc2ccc(C#N)cc2Cl)c1. The molecule has 2 N–H and O–H groups in total. The Balaban J connectivity index is 2.11. The van der Waals surface area contributed by atoms with E-state index in [2.05, 4.69) is 0 Å². The zero-order chi connectivity index (χ0) is 15.4. The monoisotopic (exact) mass is 300 g/mol. The zero-order valence-electron chi connectivity index (χ0n) is 11.4. The van der Waals surface area contributed by atoms with Crippen molar-refractivity contribution >= 4 is 23.3 Å². The lowest BCUT2D eigenvalue weighted by atomic mass is 10.1. The molecule has 0 heterocycles. The number of nitriles is 1. The van der Waals surface area contributed by atoms with Crippen molar-refractivity contribution in [2.45, 2.75) is 13.5 Å². The second kappa shape index (κ2) is 6.29. The Bertz CT molecular complexity index is 736. The molecule has 2 rings (SSSR count). The molecule has 2 aromatic carbocycles. The van der Waals surface area contributed by atoms with E-state index in [1.165, 1.54) is 6.07 Å². The number of esters is 1. The molecule has 0 bridgehead atoms. The topological polar surface area (TPSA) is 76.1 Å². The maximum atomic E-state index is 12.0. The summed E-state index contributed by atoms with van der Waals surface area (Å²) < 4.78 is 5.22. The van der Waals surface area contributed by atoms with Gasteiger partial charge in [0.15, 0.2) is 0 Å². The largest absolute Gasteiger partial charge is 0.457 e. The first-order valence-corrected chi connectivity index (χ1v) is 6.61. The first-order valence-electron chi connectivity index (χ1n) is 6.23. The normalized spacial score (nSPS) is 9.95. The Labute approximate surface area is 127 Å². The van der Waals surface area contributed by atoms with Gasteiger partial charge in [-0.05, 0) is 31.2 Å². The van der Waals surface area contributed by atoms with Gasteiger partial charge in [-0.2, -0.15) is 5.26 Å². The van der Waals surface area contributed by atoms with Crippen LogP contribution < -0.4 is 5.73 Å². The average molecular weight is 301 g/mol. The molecule has 21 heavy (non-hydrogen) atoms. The first kappa shape index (κ1) is 14.9. The van der Waals surface area contributed by atoms with E-state index in [1.54, 1.807) is 24.3 Å². The number of nitrogens with zero attached hydrogens (tertiary/aromatic N) is 1. The molecular weight excluding hydrogens is 288 g/mol. The molecule has 0 saturated carbocycles. The third-order valence-corrected chi connectivity index (χ3v) is 3.32. The quantitative estimate of drug-likeness (QED) is 0.695. The molecule has 0 aliphatic heterocycles. The summed E-state index contributed by atoms with van der Waals surface area (Å²) in [5.41, 5.74) is 8.48. The van der Waals surface area contributed by atoms with E-state index in [0.29, 0.717) is 27.4 Å². The molecule has 0 aliphatic carbocycles. The van der Waals surface area contributed by atoms with Gasteiger partial charge in [-0.1, -0.05) is 29.3 Å². The number of hydrogen-bond acceptors (Lipinski definition) is 4. The molecule has 4 nitrogen and oxygen atoms in total. The predicted octanol–water partition coefficient (Wildman–Crippen LogP) is 3.46. The van der Waals surface area contributed by atoms with Gasteiger partial charge in [0, 0.05) is 16.3 Å². The zero-order valence-corrected chi connectivity index (χ0v) is 12.1. The van der Waals surface area contributed by atoms with Crippen LogP contribution in [0.25, 0.3) is 0 Å². The number of nitrogen functional groups attached to an aromatic ring is 1. The van der Waals surface area contributed by atoms with Gasteiger partial charge in [0.25, 0.3) is 0 Å². The van der Waals surface area contributed by atoms with Gasteiger partial charge in [0.2, 0.25) is 0 Å². The smallest absolute Gasteiger partial charge is 0.340 e. The Morgan fingerprint density at radius 1 is 1.33 bits per heavy atom. The van der Waals surface area contributed by atoms with E-state index >= 15 is 0 Å². The van der Waals surface area contributed by atoms with Crippen molar-refractivity contribution in [1.29, 1.82) is 5.26 Å². The van der Waals surface area contributed by atoms with Crippen molar-refractivity contribution in [2.75, 3.05) is 5.73 Å². The molecular formula is C16H13ClN2O2. The number of nitrogens with two attached hydrogens (primary N) is 1. The molecule has 0 aromatic heterocycles. The van der Waals surface area contributed by atoms with Crippen molar-refractivity contribution in [3.63, 3.8) is 0 Å². The van der Waals surface area contributed by atoms with E-state index < -0.39 is 5.97 Å². The Morgan fingerprint density at radius 3 is 2.76 bits per heavy atom. The van der Waals surface area contributed by atoms with Crippen LogP contribution in [0.1, 0.15) is 27.0 Å². The minimum absolute atomic E-state index is 0.0246. The maximum absolute atomic E-state index is 12.0. The summed E-state index contributed by atoms with van der Waals surface area (Å²) in [7, 11) is 0. The number of ether oxygens (including phenoxy) is 1. The first-order chi connectivity index (χ1) is 10.0. The molecule has 0 fully saturated rings. The van der Waals surface area contributed by atoms with Crippen LogP contribution in [0.2, 0.25) is 5.02 Å². The average Bonchev–Trinajstić information content (AvgIpc) is 2.48. The molecule has 2 aromatic rings. The van der Waals surface area contributed by atoms with Gasteiger partial charge in [0.1, 0.15) is 6.61 Å². The number of carbonyl (C=O) groups excluding carboxylic acids is 1. The number of aryl methyl sites for hydroxylation is 1. The number of hydrogen-bond donors (Lipinski definition) is 1.